The summed E-state index contributed by atoms with van der Waals surface area (Å²) >= 11 is 0. The molecule has 1 heterocycles. The Kier molecular flexibility index (Phi) is 10.4. The Morgan fingerprint density at radius 1 is 1.07 bits per heavy atom. The zero-order valence-corrected chi connectivity index (χ0v) is 16.8. The number of hydrogen-bond acceptors (Lipinski definition) is 4. The molecule has 1 unspecified atom stereocenters. The number of benzene rings is 2. The average molecular weight is 412 g/mol. The topological polar surface area (TPSA) is 67.6 Å². The zero-order valence-electron chi connectivity index (χ0n) is 15.2. The van der Waals surface area contributed by atoms with Gasteiger partial charge >= 0.3 is 0 Å². The Labute approximate surface area is 173 Å². The molecule has 2 aromatic carbocycles. The summed E-state index contributed by atoms with van der Waals surface area (Å²) in [5.74, 6) is -0.0765. The van der Waals surface area contributed by atoms with Crippen LogP contribution in [0.3, 0.4) is 0 Å². The second kappa shape index (κ2) is 12.0. The molecule has 0 aliphatic carbocycles. The van der Waals surface area contributed by atoms with Crippen LogP contribution in [0, 0.1) is 0 Å². The van der Waals surface area contributed by atoms with Crippen LogP contribution >= 0.6 is 24.8 Å². The molecule has 0 saturated carbocycles. The lowest BCUT2D eigenvalue weighted by Gasteiger charge is -2.33. The summed E-state index contributed by atoms with van der Waals surface area (Å²) < 4.78 is 5.80. The van der Waals surface area contributed by atoms with Gasteiger partial charge < -0.3 is 15.8 Å². The van der Waals surface area contributed by atoms with E-state index < -0.39 is 0 Å². The number of nitrogens with zero attached hydrogens (tertiary/aromatic N) is 1. The molecule has 0 spiro atoms. The number of amides is 1. The molecule has 2 aromatic rings. The number of rotatable bonds is 6. The fourth-order valence-electron chi connectivity index (χ4n) is 2.99. The van der Waals surface area contributed by atoms with Gasteiger partial charge in [0.2, 0.25) is 0 Å². The first-order chi connectivity index (χ1) is 12.2. The highest BCUT2D eigenvalue weighted by Crippen LogP contribution is 2.10. The fraction of sp³-hybridized carbons (Fsp3) is 0.350. The standard InChI is InChI=1S/C20H25N3O2.2ClH/c21-12-16-6-8-18(9-7-16)20(24)22-13-19-15-23(10-11-25-19)14-17-4-2-1-3-5-17;;/h1-9,19H,10-15,21H2,(H,22,24);2*1H. The number of morpholine rings is 1. The van der Waals surface area contributed by atoms with Crippen molar-refractivity contribution >= 4 is 30.7 Å². The van der Waals surface area contributed by atoms with E-state index in [1.54, 1.807) is 12.1 Å². The van der Waals surface area contributed by atoms with Crippen molar-refractivity contribution in [1.82, 2.24) is 10.2 Å². The summed E-state index contributed by atoms with van der Waals surface area (Å²) in [6, 6.07) is 17.8. The van der Waals surface area contributed by atoms with Gasteiger partial charge in [0.25, 0.3) is 5.91 Å². The van der Waals surface area contributed by atoms with Crippen LogP contribution < -0.4 is 11.1 Å². The molecule has 7 heteroatoms. The van der Waals surface area contributed by atoms with Gasteiger partial charge in [0, 0.05) is 38.3 Å². The van der Waals surface area contributed by atoms with Gasteiger partial charge in [-0.1, -0.05) is 42.5 Å². The second-order valence-electron chi connectivity index (χ2n) is 6.32. The highest BCUT2D eigenvalue weighted by atomic mass is 35.5. The maximum absolute atomic E-state index is 12.2. The third-order valence-electron chi connectivity index (χ3n) is 4.41. The molecule has 0 bridgehead atoms. The Morgan fingerprint density at radius 2 is 1.78 bits per heavy atom. The predicted octanol–water partition coefficient (Wildman–Crippen LogP) is 2.62. The minimum atomic E-state index is -0.0765. The Bertz CT molecular complexity index is 683. The van der Waals surface area contributed by atoms with Gasteiger partial charge in [0.15, 0.2) is 0 Å². The van der Waals surface area contributed by atoms with Gasteiger partial charge in [0.05, 0.1) is 12.7 Å². The summed E-state index contributed by atoms with van der Waals surface area (Å²) in [5.41, 5.74) is 8.54. The van der Waals surface area contributed by atoms with Crippen molar-refractivity contribution in [2.24, 2.45) is 5.73 Å². The number of halogens is 2. The van der Waals surface area contributed by atoms with Crippen LogP contribution in [0.5, 0.6) is 0 Å². The molecule has 1 aliphatic rings. The first-order valence-corrected chi connectivity index (χ1v) is 8.69. The van der Waals surface area contributed by atoms with Crippen LogP contribution in [0.1, 0.15) is 21.5 Å². The van der Waals surface area contributed by atoms with E-state index in [4.69, 9.17) is 10.5 Å². The Morgan fingerprint density at radius 3 is 2.44 bits per heavy atom. The summed E-state index contributed by atoms with van der Waals surface area (Å²) in [5, 5.41) is 2.97. The van der Waals surface area contributed by atoms with E-state index in [0.717, 1.165) is 25.2 Å². The molecule has 3 N–H and O–H groups in total. The third kappa shape index (κ3) is 7.13. The van der Waals surface area contributed by atoms with Gasteiger partial charge in [-0.2, -0.15) is 0 Å². The smallest absolute Gasteiger partial charge is 0.251 e. The van der Waals surface area contributed by atoms with E-state index in [1.807, 2.05) is 18.2 Å². The SMILES string of the molecule is Cl.Cl.NCc1ccc(C(=O)NCC2CN(Cc3ccccc3)CCO2)cc1. The monoisotopic (exact) mass is 411 g/mol. The van der Waals surface area contributed by atoms with Gasteiger partial charge in [-0.05, 0) is 23.3 Å². The molecule has 27 heavy (non-hydrogen) atoms. The fourth-order valence-corrected chi connectivity index (χ4v) is 2.99. The molecule has 1 atom stereocenters. The molecule has 5 nitrogen and oxygen atoms in total. The number of ether oxygens (including phenoxy) is 1. The van der Waals surface area contributed by atoms with Crippen LogP contribution in [0.25, 0.3) is 0 Å². The van der Waals surface area contributed by atoms with Crippen molar-refractivity contribution in [3.05, 3.63) is 71.3 Å². The minimum absolute atomic E-state index is 0. The zero-order chi connectivity index (χ0) is 17.5. The maximum atomic E-state index is 12.2. The number of hydrogen-bond donors (Lipinski definition) is 2. The van der Waals surface area contributed by atoms with Crippen molar-refractivity contribution in [3.63, 3.8) is 0 Å². The normalized spacial score (nSPS) is 16.7. The average Bonchev–Trinajstić information content (AvgIpc) is 2.67. The van der Waals surface area contributed by atoms with Crippen molar-refractivity contribution in [3.8, 4) is 0 Å². The van der Waals surface area contributed by atoms with Gasteiger partial charge in [-0.15, -0.1) is 24.8 Å². The van der Waals surface area contributed by atoms with E-state index in [0.29, 0.717) is 25.3 Å². The van der Waals surface area contributed by atoms with Crippen LogP contribution in [-0.4, -0.2) is 43.2 Å². The first kappa shape index (κ1) is 23.4. The summed E-state index contributed by atoms with van der Waals surface area (Å²) in [6.07, 6.45) is 0.0183. The summed E-state index contributed by atoms with van der Waals surface area (Å²) in [6.45, 7) is 4.34. The lowest BCUT2D eigenvalue weighted by molar-refractivity contribution is -0.0292. The van der Waals surface area contributed by atoms with E-state index in [-0.39, 0.29) is 36.8 Å². The van der Waals surface area contributed by atoms with Gasteiger partial charge in [0.1, 0.15) is 0 Å². The lowest BCUT2D eigenvalue weighted by atomic mass is 10.1. The van der Waals surface area contributed by atoms with Gasteiger partial charge in [-0.25, -0.2) is 0 Å². The Hall–Kier alpha value is -1.63. The lowest BCUT2D eigenvalue weighted by Crippen LogP contribution is -2.47. The molecule has 1 fully saturated rings. The second-order valence-corrected chi connectivity index (χ2v) is 6.32. The Balaban J connectivity index is 0.00000182. The van der Waals surface area contributed by atoms with Crippen molar-refractivity contribution < 1.29 is 9.53 Å². The van der Waals surface area contributed by atoms with Crippen LogP contribution in [0.15, 0.2) is 54.6 Å². The van der Waals surface area contributed by atoms with Gasteiger partial charge in [-0.3, -0.25) is 9.69 Å². The van der Waals surface area contributed by atoms with Crippen molar-refractivity contribution in [2.75, 3.05) is 26.2 Å². The largest absolute Gasteiger partial charge is 0.374 e. The summed E-state index contributed by atoms with van der Waals surface area (Å²) in [7, 11) is 0. The quantitative estimate of drug-likeness (QED) is 0.766. The molecule has 148 valence electrons. The van der Waals surface area contributed by atoms with Crippen molar-refractivity contribution in [1.29, 1.82) is 0 Å². The van der Waals surface area contributed by atoms with E-state index in [1.165, 1.54) is 5.56 Å². The third-order valence-corrected chi connectivity index (χ3v) is 4.41. The van der Waals surface area contributed by atoms with E-state index >= 15 is 0 Å². The molecular formula is C20H27Cl2N3O2. The van der Waals surface area contributed by atoms with Crippen LogP contribution in [-0.2, 0) is 17.8 Å². The number of carbonyl (C=O) groups excluding carboxylic acids is 1. The van der Waals surface area contributed by atoms with E-state index in [9.17, 15) is 4.79 Å². The molecule has 0 radical (unpaired) electrons. The number of nitrogens with two attached hydrogens (primary N) is 1. The van der Waals surface area contributed by atoms with Crippen molar-refractivity contribution in [2.45, 2.75) is 19.2 Å². The van der Waals surface area contributed by atoms with E-state index in [2.05, 4.69) is 34.5 Å². The minimum Gasteiger partial charge on any atom is -0.374 e. The van der Waals surface area contributed by atoms with Crippen LogP contribution in [0.2, 0.25) is 0 Å². The molecule has 1 amide bonds. The highest BCUT2D eigenvalue weighted by Gasteiger charge is 2.21. The first-order valence-electron chi connectivity index (χ1n) is 8.69. The predicted molar refractivity (Wildman–Crippen MR) is 113 cm³/mol. The molecule has 0 aromatic heterocycles. The number of nitrogens with one attached hydrogen (secondary N) is 1. The molecule has 1 saturated heterocycles. The van der Waals surface area contributed by atoms with Crippen LogP contribution in [0.4, 0.5) is 0 Å². The summed E-state index contributed by atoms with van der Waals surface area (Å²) in [4.78, 5) is 14.6. The molecular weight excluding hydrogens is 385 g/mol. The highest BCUT2D eigenvalue weighted by molar-refractivity contribution is 5.94. The maximum Gasteiger partial charge on any atom is 0.251 e. The number of carbonyl (C=O) groups is 1. The molecule has 1 aliphatic heterocycles. The molecule has 3 rings (SSSR count).